The van der Waals surface area contributed by atoms with E-state index in [0.717, 1.165) is 5.56 Å². The summed E-state index contributed by atoms with van der Waals surface area (Å²) in [5.41, 5.74) is 3.11. The topological polar surface area (TPSA) is 66.0 Å². The number of nitrogens with zero attached hydrogens (tertiary/aromatic N) is 1. The minimum Gasteiger partial charge on any atom is -0.392 e. The number of aromatic amines is 1. The van der Waals surface area contributed by atoms with Crippen LogP contribution >= 0.6 is 0 Å². The summed E-state index contributed by atoms with van der Waals surface area (Å²) in [5, 5.41) is 9.93. The van der Waals surface area contributed by atoms with E-state index in [1.54, 1.807) is 18.2 Å². The second-order valence-corrected chi connectivity index (χ2v) is 5.66. The third kappa shape index (κ3) is 2.53. The summed E-state index contributed by atoms with van der Waals surface area (Å²) in [6, 6.07) is 13.3. The fourth-order valence-corrected chi connectivity index (χ4v) is 2.51. The molecule has 22 heavy (non-hydrogen) atoms. The third-order valence-corrected chi connectivity index (χ3v) is 3.84. The van der Waals surface area contributed by atoms with Crippen LogP contribution in [-0.2, 0) is 6.61 Å². The van der Waals surface area contributed by atoms with Gasteiger partial charge in [0.05, 0.1) is 17.5 Å². The van der Waals surface area contributed by atoms with Gasteiger partial charge in [0.25, 0.3) is 5.56 Å². The normalized spacial score (nSPS) is 11.3. The first-order chi connectivity index (χ1) is 10.6. The number of H-pyrrole nitrogens is 1. The van der Waals surface area contributed by atoms with Crippen LogP contribution in [0.2, 0.25) is 0 Å². The Kier molecular flexibility index (Phi) is 3.77. The Morgan fingerprint density at radius 1 is 1.14 bits per heavy atom. The van der Waals surface area contributed by atoms with E-state index in [2.05, 4.69) is 23.8 Å². The van der Waals surface area contributed by atoms with Crippen molar-refractivity contribution in [3.63, 3.8) is 0 Å². The molecule has 0 saturated carbocycles. The smallest absolute Gasteiger partial charge is 0.259 e. The molecule has 2 aromatic carbocycles. The van der Waals surface area contributed by atoms with Crippen molar-refractivity contribution in [2.24, 2.45) is 0 Å². The number of rotatable bonds is 3. The maximum Gasteiger partial charge on any atom is 0.259 e. The number of aliphatic hydroxyl groups excluding tert-OH is 1. The first-order valence-corrected chi connectivity index (χ1v) is 7.33. The third-order valence-electron chi connectivity index (χ3n) is 3.84. The molecule has 4 nitrogen and oxygen atoms in total. The van der Waals surface area contributed by atoms with Crippen LogP contribution in [0.25, 0.3) is 22.3 Å². The minimum absolute atomic E-state index is 0.139. The molecule has 3 aromatic rings. The van der Waals surface area contributed by atoms with Gasteiger partial charge in [-0.1, -0.05) is 50.2 Å². The van der Waals surface area contributed by atoms with E-state index in [-0.39, 0.29) is 12.2 Å². The Labute approximate surface area is 128 Å². The number of fused-ring (bicyclic) bond motifs is 1. The SMILES string of the molecule is CC(C)c1ccc(-c2nc3c(CO)cccc3c(=O)[nH]2)cc1. The highest BCUT2D eigenvalue weighted by atomic mass is 16.3. The molecular weight excluding hydrogens is 276 g/mol. The molecule has 0 radical (unpaired) electrons. The van der Waals surface area contributed by atoms with E-state index in [1.165, 1.54) is 5.56 Å². The average Bonchev–Trinajstić information content (AvgIpc) is 2.54. The Balaban J connectivity index is 2.17. The number of hydrogen-bond donors (Lipinski definition) is 2. The van der Waals surface area contributed by atoms with Gasteiger partial charge in [0.15, 0.2) is 0 Å². The Bertz CT molecular complexity index is 864. The highest BCUT2D eigenvalue weighted by Crippen LogP contribution is 2.21. The predicted octanol–water partition coefficient (Wildman–Crippen LogP) is 3.21. The molecule has 0 aliphatic carbocycles. The molecule has 3 rings (SSSR count). The lowest BCUT2D eigenvalue weighted by molar-refractivity contribution is 0.283. The lowest BCUT2D eigenvalue weighted by Gasteiger charge is -2.08. The van der Waals surface area contributed by atoms with Crippen molar-refractivity contribution < 1.29 is 5.11 Å². The molecule has 0 amide bonds. The zero-order valence-corrected chi connectivity index (χ0v) is 12.6. The molecule has 0 atom stereocenters. The highest BCUT2D eigenvalue weighted by Gasteiger charge is 2.09. The molecule has 0 unspecified atom stereocenters. The summed E-state index contributed by atoms with van der Waals surface area (Å²) in [5.74, 6) is 0.979. The Morgan fingerprint density at radius 2 is 1.86 bits per heavy atom. The van der Waals surface area contributed by atoms with Crippen molar-refractivity contribution in [2.75, 3.05) is 0 Å². The summed E-state index contributed by atoms with van der Waals surface area (Å²) < 4.78 is 0. The van der Waals surface area contributed by atoms with Gasteiger partial charge in [-0.2, -0.15) is 0 Å². The van der Waals surface area contributed by atoms with Gasteiger partial charge < -0.3 is 10.1 Å². The summed E-state index contributed by atoms with van der Waals surface area (Å²) >= 11 is 0. The summed E-state index contributed by atoms with van der Waals surface area (Å²) in [7, 11) is 0. The number of aliphatic hydroxyl groups is 1. The van der Waals surface area contributed by atoms with Crippen LogP contribution in [0.3, 0.4) is 0 Å². The van der Waals surface area contributed by atoms with Crippen molar-refractivity contribution in [1.82, 2.24) is 9.97 Å². The van der Waals surface area contributed by atoms with Gasteiger partial charge in [-0.15, -0.1) is 0 Å². The van der Waals surface area contributed by atoms with Crippen molar-refractivity contribution >= 4 is 10.9 Å². The number of nitrogens with one attached hydrogen (secondary N) is 1. The first kappa shape index (κ1) is 14.5. The average molecular weight is 294 g/mol. The van der Waals surface area contributed by atoms with Crippen LogP contribution in [0.4, 0.5) is 0 Å². The van der Waals surface area contributed by atoms with Gasteiger partial charge in [-0.05, 0) is 17.5 Å². The van der Waals surface area contributed by atoms with E-state index in [1.807, 2.05) is 24.3 Å². The van der Waals surface area contributed by atoms with Crippen LogP contribution in [0, 0.1) is 0 Å². The Hall–Kier alpha value is -2.46. The van der Waals surface area contributed by atoms with E-state index < -0.39 is 0 Å². The van der Waals surface area contributed by atoms with Crippen molar-refractivity contribution in [3.05, 3.63) is 63.9 Å². The molecule has 1 heterocycles. The highest BCUT2D eigenvalue weighted by molar-refractivity contribution is 5.82. The molecule has 0 aliphatic heterocycles. The molecule has 2 N–H and O–H groups in total. The molecular formula is C18H18N2O2. The predicted molar refractivity (Wildman–Crippen MR) is 87.8 cm³/mol. The van der Waals surface area contributed by atoms with Gasteiger partial charge >= 0.3 is 0 Å². The largest absolute Gasteiger partial charge is 0.392 e. The van der Waals surface area contributed by atoms with Gasteiger partial charge in [0.1, 0.15) is 5.82 Å². The first-order valence-electron chi connectivity index (χ1n) is 7.33. The molecule has 0 fully saturated rings. The van der Waals surface area contributed by atoms with Crippen molar-refractivity contribution in [2.45, 2.75) is 26.4 Å². The van der Waals surface area contributed by atoms with Crippen LogP contribution in [0.5, 0.6) is 0 Å². The van der Waals surface area contributed by atoms with E-state index in [4.69, 9.17) is 0 Å². The quantitative estimate of drug-likeness (QED) is 0.779. The van der Waals surface area contributed by atoms with E-state index in [0.29, 0.717) is 28.2 Å². The Morgan fingerprint density at radius 3 is 2.50 bits per heavy atom. The second-order valence-electron chi connectivity index (χ2n) is 5.66. The van der Waals surface area contributed by atoms with Gasteiger partial charge in [-0.25, -0.2) is 4.98 Å². The second kappa shape index (κ2) is 5.73. The number of para-hydroxylation sites is 1. The zero-order chi connectivity index (χ0) is 15.7. The number of hydrogen-bond acceptors (Lipinski definition) is 3. The number of benzene rings is 2. The van der Waals surface area contributed by atoms with Crippen molar-refractivity contribution in [1.29, 1.82) is 0 Å². The molecule has 4 heteroatoms. The standard InChI is InChI=1S/C18H18N2O2/c1-11(2)12-6-8-13(9-7-12)17-19-16-14(10-21)4-3-5-15(16)18(22)20-17/h3-9,11,21H,10H2,1-2H3,(H,19,20,22). The van der Waals surface area contributed by atoms with Crippen LogP contribution < -0.4 is 5.56 Å². The monoisotopic (exact) mass is 294 g/mol. The molecule has 112 valence electrons. The molecule has 1 aromatic heterocycles. The van der Waals surface area contributed by atoms with Gasteiger partial charge in [0.2, 0.25) is 0 Å². The summed E-state index contributed by atoms with van der Waals surface area (Å²) in [6.07, 6.45) is 0. The number of aromatic nitrogens is 2. The fourth-order valence-electron chi connectivity index (χ4n) is 2.51. The van der Waals surface area contributed by atoms with Crippen molar-refractivity contribution in [3.8, 4) is 11.4 Å². The van der Waals surface area contributed by atoms with Crippen LogP contribution in [0.1, 0.15) is 30.9 Å². The van der Waals surface area contributed by atoms with Crippen LogP contribution in [0.15, 0.2) is 47.3 Å². The van der Waals surface area contributed by atoms with E-state index >= 15 is 0 Å². The lowest BCUT2D eigenvalue weighted by Crippen LogP contribution is -2.10. The molecule has 0 aliphatic rings. The van der Waals surface area contributed by atoms with Gasteiger partial charge in [-0.3, -0.25) is 4.79 Å². The molecule has 0 saturated heterocycles. The summed E-state index contributed by atoms with van der Waals surface area (Å²) in [6.45, 7) is 4.14. The summed E-state index contributed by atoms with van der Waals surface area (Å²) in [4.78, 5) is 19.6. The molecule has 0 bridgehead atoms. The van der Waals surface area contributed by atoms with Crippen LogP contribution in [-0.4, -0.2) is 15.1 Å². The molecule has 0 spiro atoms. The maximum atomic E-state index is 12.2. The zero-order valence-electron chi connectivity index (χ0n) is 12.6. The minimum atomic E-state index is -0.191. The fraction of sp³-hybridized carbons (Fsp3) is 0.222. The maximum absolute atomic E-state index is 12.2. The van der Waals surface area contributed by atoms with Gasteiger partial charge in [0, 0.05) is 11.1 Å². The lowest BCUT2D eigenvalue weighted by atomic mass is 10.0. The van der Waals surface area contributed by atoms with E-state index in [9.17, 15) is 9.90 Å².